The van der Waals surface area contributed by atoms with Gasteiger partial charge in [-0.25, -0.2) is 9.36 Å². The average Bonchev–Trinajstić information content (AvgIpc) is 2.81. The second kappa shape index (κ2) is 22.2. The van der Waals surface area contributed by atoms with Crippen molar-refractivity contribution in [1.82, 2.24) is 4.90 Å². The Balaban J connectivity index is 3.98. The fraction of sp³-hybridized carbons (Fsp3) is 0.963. The molecule has 0 fully saturated rings. The Morgan fingerprint density at radius 3 is 1.73 bits per heavy atom. The van der Waals surface area contributed by atoms with E-state index in [1.54, 1.807) is 14.1 Å². The van der Waals surface area contributed by atoms with Gasteiger partial charge >= 0.3 is 13.9 Å². The first-order valence-electron chi connectivity index (χ1n) is 14.3. The first-order valence-corrected chi connectivity index (χ1v) is 15.8. The van der Waals surface area contributed by atoms with E-state index in [0.29, 0.717) is 17.6 Å². The number of ether oxygens (including phenoxy) is 2. The molecular weight excluding hydrogens is 494 g/mol. The second-order valence-corrected chi connectivity index (χ2v) is 12.6. The van der Waals surface area contributed by atoms with Crippen molar-refractivity contribution in [3.05, 3.63) is 0 Å². The van der Waals surface area contributed by atoms with Gasteiger partial charge in [-0.1, -0.05) is 90.4 Å². The molecule has 0 aromatic heterocycles. The number of likely N-dealkylation sites (N-methyl/N-ethyl adjacent to an activating group) is 1. The molecule has 9 nitrogen and oxygen atoms in total. The minimum atomic E-state index is -4.25. The maximum atomic E-state index is 12.2. The number of rotatable bonds is 25. The van der Waals surface area contributed by atoms with Crippen LogP contribution in [0.25, 0.3) is 0 Å². The lowest BCUT2D eigenvalue weighted by Crippen LogP contribution is -2.37. The zero-order valence-electron chi connectivity index (χ0n) is 24.8. The fourth-order valence-corrected chi connectivity index (χ4v) is 4.36. The number of amides is 1. The molecular formula is C27H58N2O7P+. The van der Waals surface area contributed by atoms with Gasteiger partial charge in [0, 0.05) is 20.7 Å². The van der Waals surface area contributed by atoms with Crippen molar-refractivity contribution < 1.29 is 37.3 Å². The average molecular weight is 553 g/mol. The third kappa shape index (κ3) is 25.3. The Bertz CT molecular complexity index is 600. The largest absolute Gasteiger partial charge is 0.472 e. The number of phosphoric acid groups is 1. The van der Waals surface area contributed by atoms with Gasteiger partial charge in [0.25, 0.3) is 0 Å². The molecule has 1 N–H and O–H groups in total. The third-order valence-corrected chi connectivity index (χ3v) is 7.00. The number of hydrogen-bond donors (Lipinski definition) is 1. The van der Waals surface area contributed by atoms with Crippen LogP contribution >= 0.6 is 7.82 Å². The molecule has 0 saturated heterocycles. The highest BCUT2D eigenvalue weighted by Gasteiger charge is 2.26. The zero-order chi connectivity index (χ0) is 28.0. The summed E-state index contributed by atoms with van der Waals surface area (Å²) in [6.07, 6.45) is 16.7. The topological polar surface area (TPSA) is 94.5 Å². The number of unbranched alkanes of at least 4 members (excludes halogenated alkanes) is 13. The molecule has 0 saturated carbocycles. The first kappa shape index (κ1) is 36.3. The number of hydrogen-bond acceptors (Lipinski definition) is 6. The third-order valence-electron chi connectivity index (χ3n) is 6.02. The summed E-state index contributed by atoms with van der Waals surface area (Å²) < 4.78 is 33.9. The molecule has 10 heteroatoms. The predicted octanol–water partition coefficient (Wildman–Crippen LogP) is 6.39. The van der Waals surface area contributed by atoms with Crippen LogP contribution in [0.5, 0.6) is 0 Å². The van der Waals surface area contributed by atoms with Crippen molar-refractivity contribution in [2.45, 2.75) is 103 Å². The Kier molecular flexibility index (Phi) is 21.7. The van der Waals surface area contributed by atoms with Crippen molar-refractivity contribution in [2.75, 3.05) is 68.2 Å². The summed E-state index contributed by atoms with van der Waals surface area (Å²) in [4.78, 5) is 23.2. The van der Waals surface area contributed by atoms with Gasteiger partial charge in [-0.15, -0.1) is 0 Å². The molecule has 0 aliphatic heterocycles. The van der Waals surface area contributed by atoms with Crippen LogP contribution in [-0.2, 0) is 23.1 Å². The van der Waals surface area contributed by atoms with Crippen molar-refractivity contribution in [3.63, 3.8) is 0 Å². The highest BCUT2D eigenvalue weighted by molar-refractivity contribution is 7.47. The van der Waals surface area contributed by atoms with E-state index in [2.05, 4.69) is 6.92 Å². The molecule has 0 spiro atoms. The van der Waals surface area contributed by atoms with Gasteiger partial charge in [0.2, 0.25) is 0 Å². The quantitative estimate of drug-likeness (QED) is 0.0796. The van der Waals surface area contributed by atoms with E-state index in [9.17, 15) is 14.3 Å². The van der Waals surface area contributed by atoms with Gasteiger partial charge in [-0.2, -0.15) is 0 Å². The zero-order valence-corrected chi connectivity index (χ0v) is 25.6. The summed E-state index contributed by atoms with van der Waals surface area (Å²) in [6, 6.07) is 0. The van der Waals surface area contributed by atoms with Gasteiger partial charge in [0.1, 0.15) is 13.2 Å². The van der Waals surface area contributed by atoms with Crippen LogP contribution in [0.15, 0.2) is 0 Å². The molecule has 1 unspecified atom stereocenters. The van der Waals surface area contributed by atoms with E-state index in [0.717, 1.165) is 12.8 Å². The summed E-state index contributed by atoms with van der Waals surface area (Å²) in [5, 5.41) is 0. The summed E-state index contributed by atoms with van der Waals surface area (Å²) in [5.41, 5.74) is 0. The number of carbonyl (C=O) groups excluding carboxylic acids is 1. The van der Waals surface area contributed by atoms with Crippen LogP contribution in [0, 0.1) is 0 Å². The summed E-state index contributed by atoms with van der Waals surface area (Å²) in [5.74, 6) is 0. The monoisotopic (exact) mass is 552 g/mol. The lowest BCUT2D eigenvalue weighted by molar-refractivity contribution is -0.870. The Morgan fingerprint density at radius 1 is 0.784 bits per heavy atom. The maximum Gasteiger partial charge on any atom is 0.472 e. The van der Waals surface area contributed by atoms with Gasteiger partial charge in [0.05, 0.1) is 34.4 Å². The number of nitrogens with zero attached hydrogens (tertiary/aromatic N) is 2. The van der Waals surface area contributed by atoms with Crippen molar-refractivity contribution in [1.29, 1.82) is 0 Å². The van der Waals surface area contributed by atoms with Gasteiger partial charge in [0.15, 0.2) is 6.10 Å². The number of quaternary nitrogens is 1. The van der Waals surface area contributed by atoms with Crippen LogP contribution in [0.4, 0.5) is 4.79 Å². The molecule has 37 heavy (non-hydrogen) atoms. The molecule has 0 aliphatic rings. The number of phosphoric ester groups is 1. The van der Waals surface area contributed by atoms with Crippen molar-refractivity contribution in [2.24, 2.45) is 0 Å². The van der Waals surface area contributed by atoms with E-state index in [1.165, 1.54) is 81.9 Å². The molecule has 1 amide bonds. The Hall–Kier alpha value is -0.700. The van der Waals surface area contributed by atoms with Crippen LogP contribution in [-0.4, -0.2) is 94.7 Å². The Labute approximate surface area is 227 Å². The molecule has 0 heterocycles. The lowest BCUT2D eigenvalue weighted by Gasteiger charge is -2.24. The van der Waals surface area contributed by atoms with Crippen molar-refractivity contribution in [3.8, 4) is 0 Å². The molecule has 2 atom stereocenters. The van der Waals surface area contributed by atoms with Crippen LogP contribution in [0.2, 0.25) is 0 Å². The molecule has 222 valence electrons. The Morgan fingerprint density at radius 2 is 1.27 bits per heavy atom. The van der Waals surface area contributed by atoms with Gasteiger partial charge in [-0.3, -0.25) is 9.05 Å². The van der Waals surface area contributed by atoms with Crippen LogP contribution in [0.1, 0.15) is 96.8 Å². The summed E-state index contributed by atoms with van der Waals surface area (Å²) >= 11 is 0. The van der Waals surface area contributed by atoms with Gasteiger partial charge in [-0.05, 0) is 6.42 Å². The first-order chi connectivity index (χ1) is 17.5. The molecule has 0 radical (unpaired) electrons. The van der Waals surface area contributed by atoms with E-state index >= 15 is 0 Å². The normalized spacial score (nSPS) is 14.4. The van der Waals surface area contributed by atoms with Crippen molar-refractivity contribution >= 4 is 13.9 Å². The molecule has 0 aliphatic carbocycles. The fourth-order valence-electron chi connectivity index (χ4n) is 3.62. The molecule has 0 bridgehead atoms. The lowest BCUT2D eigenvalue weighted by atomic mass is 10.0. The predicted molar refractivity (Wildman–Crippen MR) is 150 cm³/mol. The van der Waals surface area contributed by atoms with Crippen LogP contribution in [0.3, 0.4) is 0 Å². The smallest absolute Gasteiger partial charge is 0.441 e. The summed E-state index contributed by atoms with van der Waals surface area (Å²) in [7, 11) is 4.76. The maximum absolute atomic E-state index is 12.2. The van der Waals surface area contributed by atoms with Crippen LogP contribution < -0.4 is 0 Å². The highest BCUT2D eigenvalue weighted by atomic mass is 31.2. The SMILES string of the molecule is CCCCCCCCCCCCCCCCOC[C@H](COP(=O)(O)OCC[N+](C)(C)[11CH3])OC(=O)N(C)C. The van der Waals surface area contributed by atoms with E-state index in [-0.39, 0.29) is 19.8 Å². The standard InChI is InChI=1S/C27H57N2O7P/c1-7-8-9-10-11-12-13-14-15-16-17-18-19-20-22-33-24-26(36-27(30)28(2)3)25-35-37(31,32)34-23-21-29(4,5)6/h26H,7-25H2,1-6H3/p+1/t26-/m1/s1/i4-1. The van der Waals surface area contributed by atoms with E-state index < -0.39 is 20.0 Å². The number of carbonyl (C=O) groups is 1. The second-order valence-electron chi connectivity index (χ2n) is 11.2. The molecule has 0 rings (SSSR count). The van der Waals surface area contributed by atoms with E-state index in [4.69, 9.17) is 18.5 Å². The highest BCUT2D eigenvalue weighted by Crippen LogP contribution is 2.43. The molecule has 0 aromatic carbocycles. The van der Waals surface area contributed by atoms with E-state index in [1.807, 2.05) is 21.1 Å². The molecule has 0 aromatic rings. The minimum Gasteiger partial charge on any atom is -0.441 e. The minimum absolute atomic E-state index is 0.0784. The summed E-state index contributed by atoms with van der Waals surface area (Å²) in [6.45, 7) is 3.25. The van der Waals surface area contributed by atoms with Gasteiger partial charge < -0.3 is 23.8 Å².